The van der Waals surface area contributed by atoms with E-state index in [1.54, 1.807) is 13.0 Å². The van der Waals surface area contributed by atoms with Crippen molar-refractivity contribution in [2.45, 2.75) is 11.8 Å². The molecule has 0 fully saturated rings. The minimum Gasteiger partial charge on any atom is -0.493 e. The summed E-state index contributed by atoms with van der Waals surface area (Å²) in [5.41, 5.74) is 0.820. The Bertz CT molecular complexity index is 793. The SMILES string of the molecule is COc1cc(F)c(S(=O)(=O)Nc2cc(C)ccn2)cc1OC. The molecule has 0 aliphatic heterocycles. The summed E-state index contributed by atoms with van der Waals surface area (Å²) in [4.78, 5) is 3.34. The van der Waals surface area contributed by atoms with E-state index < -0.39 is 20.7 Å². The van der Waals surface area contributed by atoms with Crippen LogP contribution >= 0.6 is 0 Å². The van der Waals surface area contributed by atoms with E-state index in [0.717, 1.165) is 17.7 Å². The highest BCUT2D eigenvalue weighted by molar-refractivity contribution is 7.92. The van der Waals surface area contributed by atoms with E-state index in [0.29, 0.717) is 0 Å². The molecule has 118 valence electrons. The predicted molar refractivity (Wildman–Crippen MR) is 79.3 cm³/mol. The molecule has 0 atom stereocenters. The number of rotatable bonds is 5. The lowest BCUT2D eigenvalue weighted by molar-refractivity contribution is 0.350. The number of pyridine rings is 1. The highest BCUT2D eigenvalue weighted by Gasteiger charge is 2.23. The number of methoxy groups -OCH3 is 2. The first-order valence-electron chi connectivity index (χ1n) is 6.24. The van der Waals surface area contributed by atoms with E-state index >= 15 is 0 Å². The zero-order valence-corrected chi connectivity index (χ0v) is 13.1. The maximum Gasteiger partial charge on any atom is 0.266 e. The fourth-order valence-corrected chi connectivity index (χ4v) is 2.90. The lowest BCUT2D eigenvalue weighted by Gasteiger charge is -2.12. The van der Waals surface area contributed by atoms with Gasteiger partial charge in [-0.1, -0.05) is 0 Å². The monoisotopic (exact) mass is 326 g/mol. The zero-order valence-electron chi connectivity index (χ0n) is 12.3. The largest absolute Gasteiger partial charge is 0.493 e. The first kappa shape index (κ1) is 16.0. The van der Waals surface area contributed by atoms with Gasteiger partial charge in [0.15, 0.2) is 11.5 Å². The van der Waals surface area contributed by atoms with Crippen molar-refractivity contribution in [1.29, 1.82) is 0 Å². The van der Waals surface area contributed by atoms with Crippen molar-refractivity contribution in [2.75, 3.05) is 18.9 Å². The molecule has 8 heteroatoms. The number of sulfonamides is 1. The molecule has 0 saturated carbocycles. The van der Waals surface area contributed by atoms with Gasteiger partial charge in [-0.2, -0.15) is 0 Å². The second-order valence-corrected chi connectivity index (χ2v) is 6.11. The minimum atomic E-state index is -4.14. The van der Waals surface area contributed by atoms with Gasteiger partial charge in [0.05, 0.1) is 14.2 Å². The summed E-state index contributed by atoms with van der Waals surface area (Å²) >= 11 is 0. The van der Waals surface area contributed by atoms with Gasteiger partial charge in [-0.3, -0.25) is 4.72 Å². The molecule has 0 aliphatic rings. The van der Waals surface area contributed by atoms with Crippen molar-refractivity contribution < 1.29 is 22.3 Å². The average molecular weight is 326 g/mol. The molecule has 0 saturated heterocycles. The molecule has 0 bridgehead atoms. The molecule has 0 amide bonds. The minimum absolute atomic E-state index is 0.104. The maximum absolute atomic E-state index is 14.1. The molecule has 0 radical (unpaired) electrons. The molecule has 1 aromatic carbocycles. The average Bonchev–Trinajstić information content (AvgIpc) is 2.46. The smallest absolute Gasteiger partial charge is 0.266 e. The van der Waals surface area contributed by atoms with Crippen LogP contribution < -0.4 is 14.2 Å². The molecule has 22 heavy (non-hydrogen) atoms. The van der Waals surface area contributed by atoms with Crippen LogP contribution in [0.25, 0.3) is 0 Å². The number of nitrogens with one attached hydrogen (secondary N) is 1. The molecule has 2 aromatic rings. The lowest BCUT2D eigenvalue weighted by atomic mass is 10.3. The number of halogens is 1. The van der Waals surface area contributed by atoms with Crippen molar-refractivity contribution >= 4 is 15.8 Å². The van der Waals surface area contributed by atoms with Crippen LogP contribution in [0, 0.1) is 12.7 Å². The van der Waals surface area contributed by atoms with E-state index in [4.69, 9.17) is 9.47 Å². The summed E-state index contributed by atoms with van der Waals surface area (Å²) in [7, 11) is -1.47. The lowest BCUT2D eigenvalue weighted by Crippen LogP contribution is -2.16. The molecule has 1 N–H and O–H groups in total. The van der Waals surface area contributed by atoms with Gasteiger partial charge in [-0.25, -0.2) is 17.8 Å². The molecule has 0 unspecified atom stereocenters. The van der Waals surface area contributed by atoms with Crippen LogP contribution in [0.1, 0.15) is 5.56 Å². The van der Waals surface area contributed by atoms with Gasteiger partial charge in [0.25, 0.3) is 10.0 Å². The van der Waals surface area contributed by atoms with E-state index in [1.165, 1.54) is 26.5 Å². The standard InChI is InChI=1S/C14H15FN2O4S/c1-9-4-5-16-14(6-9)17-22(18,19)13-8-12(21-3)11(20-2)7-10(13)15/h4-8H,1-3H3,(H,16,17). The molecule has 1 aromatic heterocycles. The summed E-state index contributed by atoms with van der Waals surface area (Å²) in [6.45, 7) is 1.79. The number of hydrogen-bond acceptors (Lipinski definition) is 5. The number of nitrogens with zero attached hydrogens (tertiary/aromatic N) is 1. The van der Waals surface area contributed by atoms with Crippen LogP contribution in [-0.2, 0) is 10.0 Å². The summed E-state index contributed by atoms with van der Waals surface area (Å²) in [6.07, 6.45) is 1.46. The van der Waals surface area contributed by atoms with Crippen molar-refractivity contribution in [1.82, 2.24) is 4.98 Å². The molecule has 0 aliphatic carbocycles. The first-order chi connectivity index (χ1) is 10.4. The van der Waals surface area contributed by atoms with Crippen LogP contribution in [0.3, 0.4) is 0 Å². The van der Waals surface area contributed by atoms with Crippen LogP contribution in [0.5, 0.6) is 11.5 Å². The molecular weight excluding hydrogens is 311 g/mol. The van der Waals surface area contributed by atoms with Crippen LogP contribution in [0.2, 0.25) is 0 Å². The Labute approximate surface area is 128 Å². The summed E-state index contributed by atoms with van der Waals surface area (Å²) in [5, 5.41) is 0. The number of aromatic nitrogens is 1. The molecular formula is C14H15FN2O4S. The number of aryl methyl sites for hydroxylation is 1. The third-order valence-corrected chi connectivity index (χ3v) is 4.25. The van der Waals surface area contributed by atoms with Gasteiger partial charge in [-0.05, 0) is 24.6 Å². The number of hydrogen-bond donors (Lipinski definition) is 1. The fraction of sp³-hybridized carbons (Fsp3) is 0.214. The summed E-state index contributed by atoms with van der Waals surface area (Å²) < 4.78 is 50.8. The third-order valence-electron chi connectivity index (χ3n) is 2.88. The summed E-state index contributed by atoms with van der Waals surface area (Å²) in [6, 6.07) is 5.27. The molecule has 2 rings (SSSR count). The Kier molecular flexibility index (Phi) is 4.51. The molecule has 6 nitrogen and oxygen atoms in total. The van der Waals surface area contributed by atoms with E-state index in [1.807, 2.05) is 0 Å². The predicted octanol–water partition coefficient (Wildman–Crippen LogP) is 2.35. The Morgan fingerprint density at radius 3 is 2.36 bits per heavy atom. The maximum atomic E-state index is 14.1. The Balaban J connectivity index is 2.45. The van der Waals surface area contributed by atoms with Crippen molar-refractivity contribution in [3.63, 3.8) is 0 Å². The van der Waals surface area contributed by atoms with Crippen LogP contribution in [0.15, 0.2) is 35.4 Å². The Morgan fingerprint density at radius 1 is 1.14 bits per heavy atom. The van der Waals surface area contributed by atoms with Gasteiger partial charge in [0.1, 0.15) is 16.5 Å². The number of benzene rings is 1. The number of ether oxygens (including phenoxy) is 2. The van der Waals surface area contributed by atoms with Gasteiger partial charge in [-0.15, -0.1) is 0 Å². The van der Waals surface area contributed by atoms with Crippen LogP contribution in [0.4, 0.5) is 10.2 Å². The fourth-order valence-electron chi connectivity index (χ4n) is 1.83. The molecule has 1 heterocycles. The van der Waals surface area contributed by atoms with E-state index in [-0.39, 0.29) is 17.3 Å². The normalized spacial score (nSPS) is 11.1. The first-order valence-corrected chi connectivity index (χ1v) is 7.72. The van der Waals surface area contributed by atoms with Gasteiger partial charge >= 0.3 is 0 Å². The topological polar surface area (TPSA) is 77.5 Å². The van der Waals surface area contributed by atoms with Gasteiger partial charge < -0.3 is 9.47 Å². The summed E-state index contributed by atoms with van der Waals surface area (Å²) in [5.74, 6) is -0.624. The highest BCUT2D eigenvalue weighted by atomic mass is 32.2. The second kappa shape index (κ2) is 6.18. The zero-order chi connectivity index (χ0) is 16.3. The van der Waals surface area contributed by atoms with Crippen molar-refractivity contribution in [3.8, 4) is 11.5 Å². The second-order valence-electron chi connectivity index (χ2n) is 4.46. The van der Waals surface area contributed by atoms with Crippen molar-refractivity contribution in [2.24, 2.45) is 0 Å². The Morgan fingerprint density at radius 2 is 1.77 bits per heavy atom. The van der Waals surface area contributed by atoms with E-state index in [9.17, 15) is 12.8 Å². The Hall–Kier alpha value is -2.35. The number of anilines is 1. The van der Waals surface area contributed by atoms with Crippen molar-refractivity contribution in [3.05, 3.63) is 41.8 Å². The quantitative estimate of drug-likeness (QED) is 0.912. The third kappa shape index (κ3) is 3.28. The highest BCUT2D eigenvalue weighted by Crippen LogP contribution is 2.32. The van der Waals surface area contributed by atoms with Gasteiger partial charge in [0, 0.05) is 18.3 Å². The van der Waals surface area contributed by atoms with Crippen LogP contribution in [-0.4, -0.2) is 27.6 Å². The van der Waals surface area contributed by atoms with E-state index in [2.05, 4.69) is 9.71 Å². The van der Waals surface area contributed by atoms with Gasteiger partial charge in [0.2, 0.25) is 0 Å². The molecule has 0 spiro atoms.